The van der Waals surface area contributed by atoms with Gasteiger partial charge in [-0.3, -0.25) is 4.79 Å². The molecule has 0 aromatic heterocycles. The van der Waals surface area contributed by atoms with E-state index in [2.05, 4.69) is 0 Å². The maximum Gasteiger partial charge on any atom is 0.257 e. The van der Waals surface area contributed by atoms with Gasteiger partial charge in [0.2, 0.25) is 0 Å². The van der Waals surface area contributed by atoms with Crippen LogP contribution in [0, 0.1) is 12.7 Å². The van der Waals surface area contributed by atoms with Gasteiger partial charge in [-0.15, -0.1) is 0 Å². The maximum absolute atomic E-state index is 13.8. The Labute approximate surface area is 111 Å². The molecule has 0 spiro atoms. The lowest BCUT2D eigenvalue weighted by Gasteiger charge is -2.37. The number of hydrogen-bond donors (Lipinski definition) is 1. The summed E-state index contributed by atoms with van der Waals surface area (Å²) in [6.45, 7) is 4.11. The monoisotopic (exact) mass is 267 g/mol. The number of halogens is 1. The fraction of sp³-hybridized carbons (Fsp3) is 0.500. The number of aliphatic hydroxyl groups is 1. The Bertz CT molecular complexity index is 478. The van der Waals surface area contributed by atoms with Crippen LogP contribution in [0.5, 0.6) is 0 Å². The lowest BCUT2D eigenvalue weighted by atomic mass is 10.1. The molecule has 1 N–H and O–H groups in total. The van der Waals surface area contributed by atoms with Crippen molar-refractivity contribution in [3.8, 4) is 0 Å². The van der Waals surface area contributed by atoms with E-state index < -0.39 is 11.9 Å². The first-order valence-corrected chi connectivity index (χ1v) is 6.32. The summed E-state index contributed by atoms with van der Waals surface area (Å²) in [6, 6.07) is 4.44. The molecule has 1 aliphatic heterocycles. The number of aryl methyl sites for hydroxylation is 1. The van der Waals surface area contributed by atoms with Gasteiger partial charge in [-0.05, 0) is 31.5 Å². The number of benzene rings is 1. The number of nitrogens with zero attached hydrogens (tertiary/aromatic N) is 1. The molecule has 1 amide bonds. The van der Waals surface area contributed by atoms with Crippen molar-refractivity contribution >= 4 is 5.91 Å². The minimum Gasteiger partial charge on any atom is -0.394 e. The first-order chi connectivity index (χ1) is 9.02. The van der Waals surface area contributed by atoms with Crippen LogP contribution in [0.1, 0.15) is 22.8 Å². The van der Waals surface area contributed by atoms with Gasteiger partial charge in [-0.1, -0.05) is 6.07 Å². The van der Waals surface area contributed by atoms with E-state index >= 15 is 0 Å². The van der Waals surface area contributed by atoms with Crippen molar-refractivity contribution in [2.75, 3.05) is 19.8 Å². The number of carbonyl (C=O) groups excluding carboxylic acids is 1. The van der Waals surface area contributed by atoms with E-state index in [1.807, 2.05) is 6.92 Å². The quantitative estimate of drug-likeness (QED) is 0.880. The number of aliphatic hydroxyl groups excluding tert-OH is 1. The highest BCUT2D eigenvalue weighted by molar-refractivity contribution is 5.94. The summed E-state index contributed by atoms with van der Waals surface area (Å²) in [7, 11) is 0. The largest absolute Gasteiger partial charge is 0.394 e. The molecule has 1 heterocycles. The minimum absolute atomic E-state index is 0.0658. The smallest absolute Gasteiger partial charge is 0.257 e. The van der Waals surface area contributed by atoms with Gasteiger partial charge in [0.25, 0.3) is 5.91 Å². The molecule has 1 saturated heterocycles. The SMILES string of the molecule is Cc1ccc(C(=O)N2CC(CO)OCC2C)c(F)c1. The molecular weight excluding hydrogens is 249 g/mol. The first-order valence-electron chi connectivity index (χ1n) is 6.32. The van der Waals surface area contributed by atoms with Gasteiger partial charge in [0.15, 0.2) is 0 Å². The van der Waals surface area contributed by atoms with Crippen LogP contribution in [-0.2, 0) is 4.74 Å². The molecular formula is C14H18FNO3. The van der Waals surface area contributed by atoms with E-state index in [1.165, 1.54) is 12.1 Å². The van der Waals surface area contributed by atoms with E-state index in [1.54, 1.807) is 17.9 Å². The fourth-order valence-corrected chi connectivity index (χ4v) is 2.16. The van der Waals surface area contributed by atoms with E-state index in [-0.39, 0.29) is 30.7 Å². The maximum atomic E-state index is 13.8. The van der Waals surface area contributed by atoms with Crippen LogP contribution in [0.4, 0.5) is 4.39 Å². The topological polar surface area (TPSA) is 49.8 Å². The highest BCUT2D eigenvalue weighted by Gasteiger charge is 2.30. The summed E-state index contributed by atoms with van der Waals surface area (Å²) < 4.78 is 19.2. The van der Waals surface area contributed by atoms with Crippen LogP contribution in [0.15, 0.2) is 18.2 Å². The minimum atomic E-state index is -0.510. The average molecular weight is 267 g/mol. The number of hydrogen-bond acceptors (Lipinski definition) is 3. The zero-order valence-electron chi connectivity index (χ0n) is 11.1. The van der Waals surface area contributed by atoms with Gasteiger partial charge in [-0.25, -0.2) is 4.39 Å². The van der Waals surface area contributed by atoms with E-state index in [9.17, 15) is 9.18 Å². The summed E-state index contributed by atoms with van der Waals surface area (Å²) in [5, 5.41) is 9.10. The van der Waals surface area contributed by atoms with E-state index in [4.69, 9.17) is 9.84 Å². The fourth-order valence-electron chi connectivity index (χ4n) is 2.16. The van der Waals surface area contributed by atoms with Gasteiger partial charge in [0.05, 0.1) is 30.9 Å². The average Bonchev–Trinajstić information content (AvgIpc) is 2.38. The molecule has 5 heteroatoms. The Hall–Kier alpha value is -1.46. The van der Waals surface area contributed by atoms with Crippen molar-refractivity contribution in [3.63, 3.8) is 0 Å². The molecule has 1 fully saturated rings. The van der Waals surface area contributed by atoms with Gasteiger partial charge in [0.1, 0.15) is 5.82 Å². The molecule has 0 radical (unpaired) electrons. The van der Waals surface area contributed by atoms with Gasteiger partial charge in [0, 0.05) is 6.54 Å². The van der Waals surface area contributed by atoms with Crippen molar-refractivity contribution in [1.29, 1.82) is 0 Å². The van der Waals surface area contributed by atoms with Gasteiger partial charge >= 0.3 is 0 Å². The zero-order chi connectivity index (χ0) is 14.0. The van der Waals surface area contributed by atoms with Crippen molar-refractivity contribution in [2.24, 2.45) is 0 Å². The molecule has 2 atom stereocenters. The third-order valence-corrected chi connectivity index (χ3v) is 3.33. The highest BCUT2D eigenvalue weighted by atomic mass is 19.1. The summed E-state index contributed by atoms with van der Waals surface area (Å²) in [5.74, 6) is -0.865. The lowest BCUT2D eigenvalue weighted by Crippen LogP contribution is -2.52. The number of amides is 1. The van der Waals surface area contributed by atoms with Crippen LogP contribution in [0.2, 0.25) is 0 Å². The third-order valence-electron chi connectivity index (χ3n) is 3.33. The Morgan fingerprint density at radius 1 is 1.58 bits per heavy atom. The van der Waals surface area contributed by atoms with E-state index in [0.717, 1.165) is 5.56 Å². The predicted octanol–water partition coefficient (Wildman–Crippen LogP) is 1.36. The second-order valence-corrected chi connectivity index (χ2v) is 4.93. The highest BCUT2D eigenvalue weighted by Crippen LogP contribution is 2.18. The van der Waals surface area contributed by atoms with Crippen molar-refractivity contribution in [1.82, 2.24) is 4.90 Å². The van der Waals surface area contributed by atoms with Crippen LogP contribution in [0.3, 0.4) is 0 Å². The molecule has 1 aromatic rings. The van der Waals surface area contributed by atoms with Crippen LogP contribution in [0.25, 0.3) is 0 Å². The van der Waals surface area contributed by atoms with E-state index in [0.29, 0.717) is 6.61 Å². The van der Waals surface area contributed by atoms with Crippen molar-refractivity contribution in [3.05, 3.63) is 35.1 Å². The molecule has 2 unspecified atom stereocenters. The summed E-state index contributed by atoms with van der Waals surface area (Å²) in [5.41, 5.74) is 0.841. The first kappa shape index (κ1) is 14.0. The molecule has 1 aliphatic rings. The van der Waals surface area contributed by atoms with Crippen molar-refractivity contribution < 1.29 is 19.0 Å². The number of morpholine rings is 1. The summed E-state index contributed by atoms with van der Waals surface area (Å²) in [6.07, 6.45) is -0.395. The van der Waals surface area contributed by atoms with Crippen LogP contribution >= 0.6 is 0 Å². The molecule has 0 saturated carbocycles. The number of ether oxygens (including phenoxy) is 1. The lowest BCUT2D eigenvalue weighted by molar-refractivity contribution is -0.0668. The molecule has 4 nitrogen and oxygen atoms in total. The summed E-state index contributed by atoms with van der Waals surface area (Å²) >= 11 is 0. The zero-order valence-corrected chi connectivity index (χ0v) is 11.1. The second kappa shape index (κ2) is 5.67. The molecule has 0 aliphatic carbocycles. The molecule has 2 rings (SSSR count). The Morgan fingerprint density at radius 3 is 2.95 bits per heavy atom. The summed E-state index contributed by atoms with van der Waals surface area (Å²) in [4.78, 5) is 13.9. The standard InChI is InChI=1S/C14H18FNO3/c1-9-3-4-12(13(15)5-9)14(18)16-6-11(7-17)19-8-10(16)2/h3-5,10-11,17H,6-8H2,1-2H3. The van der Waals surface area contributed by atoms with Crippen LogP contribution < -0.4 is 0 Å². The van der Waals surface area contributed by atoms with Crippen molar-refractivity contribution in [2.45, 2.75) is 26.0 Å². The predicted molar refractivity (Wildman–Crippen MR) is 68.5 cm³/mol. The molecule has 0 bridgehead atoms. The van der Waals surface area contributed by atoms with Gasteiger partial charge in [-0.2, -0.15) is 0 Å². The molecule has 1 aromatic carbocycles. The molecule has 104 valence electrons. The number of rotatable bonds is 2. The second-order valence-electron chi connectivity index (χ2n) is 4.93. The molecule has 19 heavy (non-hydrogen) atoms. The third kappa shape index (κ3) is 2.93. The Balaban J connectivity index is 2.22. The van der Waals surface area contributed by atoms with Gasteiger partial charge < -0.3 is 14.7 Å². The Kier molecular flexibility index (Phi) is 4.17. The normalized spacial score (nSPS) is 23.5. The number of carbonyl (C=O) groups is 1. The Morgan fingerprint density at radius 2 is 2.32 bits per heavy atom. The van der Waals surface area contributed by atoms with Crippen LogP contribution in [-0.4, -0.2) is 47.8 Å².